The molecule has 0 saturated carbocycles. The van der Waals surface area contributed by atoms with Gasteiger partial charge in [-0.2, -0.15) is 80.1 Å². The number of hydrogen-bond donors (Lipinski definition) is 3. The highest BCUT2D eigenvalue weighted by Gasteiger charge is 2.95. The summed E-state index contributed by atoms with van der Waals surface area (Å²) < 4.78 is 275. The standard InChI is InChI=1S/C42H35F17N5O10P/c1-69-25-12-8-23(9-13-25)35(22-6-4-3-5-7-22,24-10-14-26(70-2)15-11-24)71-19-28-27(74-75(66,67)68)18-29(72-28)64-21-62-31-32(60-20-61-33(31)64)63-73-30(65)16-17-34(43,44)36(45,46)37(47,48)38(49,50)39(51,52)40(53,54)41(55,56)42(57,58)59/h3-15,20-21,27-29H,16-19H2,1-2H3,(H,60,61,63)(H2,66,67,68)/t27-,28+,29+/m0/s1. The van der Waals surface area contributed by atoms with Crippen molar-refractivity contribution in [2.75, 3.05) is 26.3 Å². The summed E-state index contributed by atoms with van der Waals surface area (Å²) in [5.41, 5.74) is 1.14. The Kier molecular flexibility index (Phi) is 15.9. The third-order valence-electron chi connectivity index (χ3n) is 11.5. The molecule has 1 saturated heterocycles. The summed E-state index contributed by atoms with van der Waals surface area (Å²) >= 11 is 0. The van der Waals surface area contributed by atoms with Crippen molar-refractivity contribution < 1.29 is 122 Å². The molecule has 0 spiro atoms. The molecule has 0 unspecified atom stereocenters. The van der Waals surface area contributed by atoms with E-state index in [0.29, 0.717) is 34.5 Å². The first-order chi connectivity index (χ1) is 34.5. The molecule has 5 aromatic rings. The molecule has 3 aromatic carbocycles. The van der Waals surface area contributed by atoms with Crippen LogP contribution < -0.4 is 15.0 Å². The zero-order valence-corrected chi connectivity index (χ0v) is 38.4. The van der Waals surface area contributed by atoms with E-state index in [-0.39, 0.29) is 12.1 Å². The average Bonchev–Trinajstić information content (AvgIpc) is 3.96. The minimum Gasteiger partial charge on any atom is -0.497 e. The molecule has 412 valence electrons. The third-order valence-corrected chi connectivity index (χ3v) is 12.0. The number of anilines is 1. The normalized spacial score (nSPS) is 17.8. The van der Waals surface area contributed by atoms with Gasteiger partial charge in [-0.05, 0) is 41.0 Å². The number of methoxy groups -OCH3 is 2. The van der Waals surface area contributed by atoms with Gasteiger partial charge in [-0.1, -0.05) is 54.6 Å². The molecule has 0 radical (unpaired) electrons. The van der Waals surface area contributed by atoms with Gasteiger partial charge in [0.25, 0.3) is 0 Å². The summed E-state index contributed by atoms with van der Waals surface area (Å²) in [5, 5.41) is 0. The van der Waals surface area contributed by atoms with Gasteiger partial charge in [0.1, 0.15) is 41.9 Å². The SMILES string of the molecule is COc1ccc(C(OC[C@H]2O[C@@H](n3cnc4c(NOC(=O)CCC(F)(F)C(F)(F)C(F)(F)C(F)(F)C(F)(F)C(F)(F)C(F)(F)C(F)(F)F)ncnc43)C[C@@H]2OP(=O)(O)O)(c2ccccc2)c2ccc(OC)cc2)cc1. The third kappa shape index (κ3) is 10.5. The Labute approximate surface area is 409 Å². The topological polar surface area (TPSA) is 186 Å². The highest BCUT2D eigenvalue weighted by Crippen LogP contribution is 2.64. The maximum Gasteiger partial charge on any atom is 0.469 e. The van der Waals surface area contributed by atoms with Gasteiger partial charge in [-0.3, -0.25) is 9.09 Å². The van der Waals surface area contributed by atoms with Crippen molar-refractivity contribution in [3.05, 3.63) is 108 Å². The lowest BCUT2D eigenvalue weighted by Crippen LogP contribution is -2.74. The number of phosphoric acid groups is 1. The quantitative estimate of drug-likeness (QED) is 0.0257. The smallest absolute Gasteiger partial charge is 0.469 e. The van der Waals surface area contributed by atoms with E-state index < -0.39 is 116 Å². The molecule has 1 aliphatic heterocycles. The van der Waals surface area contributed by atoms with Crippen molar-refractivity contribution in [1.82, 2.24) is 19.5 Å². The van der Waals surface area contributed by atoms with E-state index in [1.165, 1.54) is 14.2 Å². The zero-order chi connectivity index (χ0) is 56.0. The molecule has 1 fully saturated rings. The molecule has 0 bridgehead atoms. The number of phosphoric ester groups is 1. The Morgan fingerprint density at radius 3 is 1.68 bits per heavy atom. The second-order valence-corrected chi connectivity index (χ2v) is 17.3. The fraction of sp³-hybridized carbons (Fsp3) is 0.429. The number of nitrogens with zero attached hydrogens (tertiary/aromatic N) is 4. The first-order valence-electron chi connectivity index (χ1n) is 20.8. The van der Waals surface area contributed by atoms with Crippen molar-refractivity contribution in [3.63, 3.8) is 0 Å². The molecule has 6 rings (SSSR count). The highest BCUT2D eigenvalue weighted by molar-refractivity contribution is 7.46. The molecule has 15 nitrogen and oxygen atoms in total. The lowest BCUT2D eigenvalue weighted by Gasteiger charge is -2.42. The summed E-state index contributed by atoms with van der Waals surface area (Å²) in [6, 6.07) is 22.2. The van der Waals surface area contributed by atoms with Crippen LogP contribution in [0.15, 0.2) is 91.5 Å². The fourth-order valence-electron chi connectivity index (χ4n) is 7.50. The molecule has 33 heteroatoms. The van der Waals surface area contributed by atoms with Crippen LogP contribution in [0.4, 0.5) is 80.5 Å². The largest absolute Gasteiger partial charge is 0.497 e. The van der Waals surface area contributed by atoms with Gasteiger partial charge in [0, 0.05) is 12.8 Å². The molecule has 3 atom stereocenters. The predicted molar refractivity (Wildman–Crippen MR) is 219 cm³/mol. The number of fused-ring (bicyclic) bond motifs is 1. The lowest BCUT2D eigenvalue weighted by atomic mass is 9.80. The number of rotatable bonds is 22. The highest BCUT2D eigenvalue weighted by atomic mass is 31.2. The molecule has 1 aliphatic rings. The van der Waals surface area contributed by atoms with Crippen LogP contribution >= 0.6 is 7.82 Å². The minimum absolute atomic E-state index is 0.273. The van der Waals surface area contributed by atoms with E-state index >= 15 is 0 Å². The Morgan fingerprint density at radius 2 is 1.19 bits per heavy atom. The lowest BCUT2D eigenvalue weighted by molar-refractivity contribution is -0.461. The number of imidazole rings is 1. The second kappa shape index (κ2) is 20.5. The van der Waals surface area contributed by atoms with Crippen LogP contribution in [0.3, 0.4) is 0 Å². The van der Waals surface area contributed by atoms with Gasteiger partial charge in [-0.25, -0.2) is 24.3 Å². The number of halogens is 17. The molecule has 0 amide bonds. The number of hydrogen-bond acceptors (Lipinski definition) is 12. The number of alkyl halides is 17. The summed E-state index contributed by atoms with van der Waals surface area (Å²) in [6.45, 7) is -0.479. The second-order valence-electron chi connectivity index (χ2n) is 16.1. The van der Waals surface area contributed by atoms with Crippen LogP contribution in [0.2, 0.25) is 0 Å². The van der Waals surface area contributed by atoms with Crippen LogP contribution in [0, 0.1) is 0 Å². The molecule has 3 heterocycles. The summed E-state index contributed by atoms with van der Waals surface area (Å²) in [5.74, 6) is -59.9. The molecule has 75 heavy (non-hydrogen) atoms. The fourth-order valence-corrected chi connectivity index (χ4v) is 8.07. The Bertz CT molecular complexity index is 2790. The summed E-state index contributed by atoms with van der Waals surface area (Å²) in [7, 11) is -2.40. The number of carbonyl (C=O) groups is 1. The van der Waals surface area contributed by atoms with E-state index in [4.69, 9.17) is 23.5 Å². The van der Waals surface area contributed by atoms with E-state index in [1.54, 1.807) is 84.3 Å². The van der Waals surface area contributed by atoms with Crippen molar-refractivity contribution in [2.45, 2.75) is 90.9 Å². The van der Waals surface area contributed by atoms with Crippen LogP contribution in [0.25, 0.3) is 11.2 Å². The predicted octanol–water partition coefficient (Wildman–Crippen LogP) is 10.3. The number of ether oxygens (including phenoxy) is 4. The van der Waals surface area contributed by atoms with Crippen molar-refractivity contribution in [1.29, 1.82) is 0 Å². The Hall–Kier alpha value is -6.08. The van der Waals surface area contributed by atoms with Crippen LogP contribution in [-0.2, 0) is 33.8 Å². The van der Waals surface area contributed by atoms with Crippen molar-refractivity contribution in [2.24, 2.45) is 0 Å². The first kappa shape index (κ1) is 58.2. The molecule has 0 aliphatic carbocycles. The minimum atomic E-state index is -8.81. The van der Waals surface area contributed by atoms with Gasteiger partial charge in [0.2, 0.25) is 0 Å². The van der Waals surface area contributed by atoms with Crippen LogP contribution in [-0.4, -0.2) is 116 Å². The summed E-state index contributed by atoms with van der Waals surface area (Å²) in [4.78, 5) is 48.2. The number of benzene rings is 3. The number of nitrogens with one attached hydrogen (secondary N) is 1. The Morgan fingerprint density at radius 1 is 0.693 bits per heavy atom. The monoisotopic (exact) mass is 1120 g/mol. The number of aromatic nitrogens is 4. The van der Waals surface area contributed by atoms with Crippen molar-refractivity contribution >= 4 is 30.8 Å². The van der Waals surface area contributed by atoms with Gasteiger partial charge in [0.15, 0.2) is 17.0 Å². The van der Waals surface area contributed by atoms with Gasteiger partial charge in [-0.15, -0.1) is 0 Å². The summed E-state index contributed by atoms with van der Waals surface area (Å²) in [6.07, 6.45) is -16.1. The van der Waals surface area contributed by atoms with Crippen molar-refractivity contribution in [3.8, 4) is 11.5 Å². The van der Waals surface area contributed by atoms with Gasteiger partial charge in [0.05, 0.1) is 33.6 Å². The van der Waals surface area contributed by atoms with Crippen LogP contribution in [0.1, 0.15) is 42.2 Å². The molecular weight excluding hydrogens is 1090 g/mol. The molecule has 2 aromatic heterocycles. The van der Waals surface area contributed by atoms with E-state index in [1.807, 2.05) is 0 Å². The number of carbonyl (C=O) groups excluding carboxylic acids is 1. The van der Waals surface area contributed by atoms with E-state index in [9.17, 15) is 93.8 Å². The van der Waals surface area contributed by atoms with Crippen LogP contribution in [0.5, 0.6) is 11.5 Å². The first-order valence-corrected chi connectivity index (χ1v) is 22.3. The Balaban J connectivity index is 1.21. The van der Waals surface area contributed by atoms with Gasteiger partial charge >= 0.3 is 61.4 Å². The zero-order valence-electron chi connectivity index (χ0n) is 37.5. The van der Waals surface area contributed by atoms with Gasteiger partial charge < -0.3 is 33.6 Å². The average molecular weight is 1120 g/mol. The van der Waals surface area contributed by atoms with E-state index in [0.717, 1.165) is 10.9 Å². The maximum atomic E-state index is 14.5. The molecule has 3 N–H and O–H groups in total. The maximum absolute atomic E-state index is 14.5. The van der Waals surface area contributed by atoms with E-state index in [2.05, 4.69) is 19.8 Å². The molecular formula is C42H35F17N5O10P.